The van der Waals surface area contributed by atoms with Crippen molar-refractivity contribution in [1.29, 1.82) is 0 Å². The SMILES string of the molecule is COc1cccc(OCCOC[C@@H](O)CN2CCN(C)CC2)c1. The van der Waals surface area contributed by atoms with Gasteiger partial charge >= 0.3 is 0 Å². The third-order valence-electron chi connectivity index (χ3n) is 3.91. The molecule has 1 heterocycles. The Kier molecular flexibility index (Phi) is 7.61. The van der Waals surface area contributed by atoms with E-state index >= 15 is 0 Å². The summed E-state index contributed by atoms with van der Waals surface area (Å²) < 4.78 is 16.2. The predicted molar refractivity (Wildman–Crippen MR) is 89.3 cm³/mol. The van der Waals surface area contributed by atoms with Gasteiger partial charge in [0.1, 0.15) is 18.1 Å². The van der Waals surface area contributed by atoms with Crippen molar-refractivity contribution in [3.8, 4) is 11.5 Å². The van der Waals surface area contributed by atoms with Crippen molar-refractivity contribution < 1.29 is 19.3 Å². The van der Waals surface area contributed by atoms with Gasteiger partial charge in [-0.2, -0.15) is 0 Å². The molecule has 0 aromatic heterocycles. The molecule has 0 bridgehead atoms. The number of aliphatic hydroxyl groups is 1. The number of benzene rings is 1. The molecule has 0 amide bonds. The average Bonchev–Trinajstić information content (AvgIpc) is 2.57. The summed E-state index contributed by atoms with van der Waals surface area (Å²) in [5.74, 6) is 1.52. The van der Waals surface area contributed by atoms with Crippen LogP contribution >= 0.6 is 0 Å². The molecule has 0 radical (unpaired) electrons. The molecule has 1 aromatic rings. The number of likely N-dealkylation sites (N-methyl/N-ethyl adjacent to an activating group) is 1. The number of aliphatic hydroxyl groups excluding tert-OH is 1. The van der Waals surface area contributed by atoms with Crippen LogP contribution in [0.3, 0.4) is 0 Å². The maximum Gasteiger partial charge on any atom is 0.123 e. The van der Waals surface area contributed by atoms with Gasteiger partial charge in [-0.05, 0) is 19.2 Å². The van der Waals surface area contributed by atoms with Gasteiger partial charge in [-0.15, -0.1) is 0 Å². The second-order valence-corrected chi connectivity index (χ2v) is 5.86. The number of rotatable bonds is 9. The molecular formula is C17H28N2O4. The van der Waals surface area contributed by atoms with Gasteiger partial charge in [-0.1, -0.05) is 6.07 Å². The van der Waals surface area contributed by atoms with E-state index in [1.165, 1.54) is 0 Å². The van der Waals surface area contributed by atoms with Crippen LogP contribution < -0.4 is 9.47 Å². The number of piperazine rings is 1. The Morgan fingerprint density at radius 2 is 1.87 bits per heavy atom. The molecule has 0 aliphatic carbocycles. The molecule has 0 spiro atoms. The summed E-state index contributed by atoms with van der Waals surface area (Å²) in [4.78, 5) is 4.58. The molecule has 1 aromatic carbocycles. The molecule has 23 heavy (non-hydrogen) atoms. The number of nitrogens with zero attached hydrogens (tertiary/aromatic N) is 2. The first-order valence-corrected chi connectivity index (χ1v) is 8.11. The molecule has 1 fully saturated rings. The zero-order valence-corrected chi connectivity index (χ0v) is 14.1. The Balaban J connectivity index is 1.54. The molecule has 6 nitrogen and oxygen atoms in total. The van der Waals surface area contributed by atoms with Crippen LogP contribution in [0.25, 0.3) is 0 Å². The van der Waals surface area contributed by atoms with E-state index in [4.69, 9.17) is 14.2 Å². The molecule has 1 aliphatic rings. The van der Waals surface area contributed by atoms with Crippen molar-refractivity contribution in [1.82, 2.24) is 9.80 Å². The minimum atomic E-state index is -0.449. The maximum absolute atomic E-state index is 10.0. The first-order valence-electron chi connectivity index (χ1n) is 8.11. The smallest absolute Gasteiger partial charge is 0.123 e. The highest BCUT2D eigenvalue weighted by molar-refractivity contribution is 5.32. The highest BCUT2D eigenvalue weighted by Crippen LogP contribution is 2.18. The normalized spacial score (nSPS) is 17.9. The van der Waals surface area contributed by atoms with Gasteiger partial charge in [0.15, 0.2) is 0 Å². The lowest BCUT2D eigenvalue weighted by molar-refractivity contribution is 0.00149. The fraction of sp³-hybridized carbons (Fsp3) is 0.647. The van der Waals surface area contributed by atoms with Crippen LogP contribution in [0.4, 0.5) is 0 Å². The van der Waals surface area contributed by atoms with E-state index in [-0.39, 0.29) is 0 Å². The topological polar surface area (TPSA) is 54.4 Å². The van der Waals surface area contributed by atoms with E-state index in [1.807, 2.05) is 24.3 Å². The summed E-state index contributed by atoms with van der Waals surface area (Å²) in [5, 5.41) is 10.0. The number of methoxy groups -OCH3 is 1. The zero-order chi connectivity index (χ0) is 16.5. The number of hydrogen-bond donors (Lipinski definition) is 1. The molecule has 1 saturated heterocycles. The van der Waals surface area contributed by atoms with Crippen molar-refractivity contribution in [2.24, 2.45) is 0 Å². The number of hydrogen-bond acceptors (Lipinski definition) is 6. The zero-order valence-electron chi connectivity index (χ0n) is 14.1. The van der Waals surface area contributed by atoms with Gasteiger partial charge in [0, 0.05) is 38.8 Å². The van der Waals surface area contributed by atoms with Crippen molar-refractivity contribution in [2.45, 2.75) is 6.10 Å². The first-order chi connectivity index (χ1) is 11.2. The minimum Gasteiger partial charge on any atom is -0.497 e. The summed E-state index contributed by atoms with van der Waals surface area (Å²) in [5.41, 5.74) is 0. The van der Waals surface area contributed by atoms with Gasteiger partial charge in [0.05, 0.1) is 26.4 Å². The highest BCUT2D eigenvalue weighted by atomic mass is 16.5. The standard InChI is InChI=1S/C17H28N2O4/c1-18-6-8-19(9-7-18)13-15(20)14-22-10-11-23-17-5-3-4-16(12-17)21-2/h3-5,12,15,20H,6-11,13-14H2,1-2H3/t15-/m0/s1. The summed E-state index contributed by atoms with van der Waals surface area (Å²) in [6.45, 7) is 6.05. The lowest BCUT2D eigenvalue weighted by atomic mass is 10.3. The van der Waals surface area contributed by atoms with Crippen LogP contribution in [-0.4, -0.2) is 87.7 Å². The molecular weight excluding hydrogens is 296 g/mol. The molecule has 2 rings (SSSR count). The van der Waals surface area contributed by atoms with E-state index < -0.39 is 6.10 Å². The lowest BCUT2D eigenvalue weighted by Crippen LogP contribution is -2.47. The second kappa shape index (κ2) is 9.72. The van der Waals surface area contributed by atoms with E-state index in [2.05, 4.69) is 16.8 Å². The third-order valence-corrected chi connectivity index (χ3v) is 3.91. The Hall–Kier alpha value is -1.34. The Labute approximate surface area is 138 Å². The van der Waals surface area contributed by atoms with E-state index in [1.54, 1.807) is 7.11 Å². The molecule has 6 heteroatoms. The van der Waals surface area contributed by atoms with Crippen LogP contribution in [0.15, 0.2) is 24.3 Å². The van der Waals surface area contributed by atoms with Crippen molar-refractivity contribution >= 4 is 0 Å². The quantitative estimate of drug-likeness (QED) is 0.675. The lowest BCUT2D eigenvalue weighted by Gasteiger charge is -2.33. The molecule has 0 saturated carbocycles. The summed E-state index contributed by atoms with van der Waals surface area (Å²) in [6.07, 6.45) is -0.449. The molecule has 1 N–H and O–H groups in total. The van der Waals surface area contributed by atoms with Crippen LogP contribution in [0.1, 0.15) is 0 Å². The fourth-order valence-corrected chi connectivity index (χ4v) is 2.51. The van der Waals surface area contributed by atoms with Crippen molar-refractivity contribution in [3.05, 3.63) is 24.3 Å². The van der Waals surface area contributed by atoms with Crippen LogP contribution in [0.5, 0.6) is 11.5 Å². The Morgan fingerprint density at radius 1 is 1.13 bits per heavy atom. The fourth-order valence-electron chi connectivity index (χ4n) is 2.51. The number of β-amino-alcohol motifs (C(OH)–C–C–N with tert-alkyl or cyclic N) is 1. The molecule has 0 unspecified atom stereocenters. The Bertz CT molecular complexity index is 450. The van der Waals surface area contributed by atoms with Gasteiger partial charge in [0.2, 0.25) is 0 Å². The van der Waals surface area contributed by atoms with Crippen LogP contribution in [0, 0.1) is 0 Å². The predicted octanol–water partition coefficient (Wildman–Crippen LogP) is 0.699. The molecule has 1 aliphatic heterocycles. The van der Waals surface area contributed by atoms with Crippen molar-refractivity contribution in [3.63, 3.8) is 0 Å². The second-order valence-electron chi connectivity index (χ2n) is 5.86. The van der Waals surface area contributed by atoms with Gasteiger partial charge in [-0.3, -0.25) is 4.90 Å². The van der Waals surface area contributed by atoms with Gasteiger partial charge < -0.3 is 24.2 Å². The summed E-state index contributed by atoms with van der Waals surface area (Å²) >= 11 is 0. The van der Waals surface area contributed by atoms with Crippen LogP contribution in [0.2, 0.25) is 0 Å². The summed E-state index contributed by atoms with van der Waals surface area (Å²) in [6, 6.07) is 7.47. The third kappa shape index (κ3) is 6.74. The first kappa shape index (κ1) is 18.0. The van der Waals surface area contributed by atoms with E-state index in [0.717, 1.165) is 37.7 Å². The minimum absolute atomic E-state index is 0.341. The van der Waals surface area contributed by atoms with Gasteiger partial charge in [-0.25, -0.2) is 0 Å². The summed E-state index contributed by atoms with van der Waals surface area (Å²) in [7, 11) is 3.75. The highest BCUT2D eigenvalue weighted by Gasteiger charge is 2.16. The van der Waals surface area contributed by atoms with Crippen LogP contribution in [-0.2, 0) is 4.74 Å². The average molecular weight is 324 g/mol. The molecule has 1 atom stereocenters. The maximum atomic E-state index is 10.0. The monoisotopic (exact) mass is 324 g/mol. The number of ether oxygens (including phenoxy) is 3. The van der Waals surface area contributed by atoms with E-state index in [0.29, 0.717) is 26.4 Å². The Morgan fingerprint density at radius 3 is 2.61 bits per heavy atom. The van der Waals surface area contributed by atoms with Crippen molar-refractivity contribution in [2.75, 3.05) is 66.7 Å². The van der Waals surface area contributed by atoms with Gasteiger partial charge in [0.25, 0.3) is 0 Å². The van der Waals surface area contributed by atoms with E-state index in [9.17, 15) is 5.11 Å². The molecule has 130 valence electrons. The largest absolute Gasteiger partial charge is 0.497 e.